The van der Waals surface area contributed by atoms with E-state index in [4.69, 9.17) is 32.7 Å². The summed E-state index contributed by atoms with van der Waals surface area (Å²) in [5.41, 5.74) is 0.652. The summed E-state index contributed by atoms with van der Waals surface area (Å²) in [6.45, 7) is -0.0656. The Morgan fingerprint density at radius 3 is 2.76 bits per heavy atom. The number of hydrogen-bond donors (Lipinski definition) is 1. The molecule has 0 spiro atoms. The molecule has 1 N–H and O–H groups in total. The number of methoxy groups -OCH3 is 1. The van der Waals surface area contributed by atoms with Crippen molar-refractivity contribution in [1.82, 2.24) is 20.1 Å². The van der Waals surface area contributed by atoms with Crippen LogP contribution in [0.15, 0.2) is 36.7 Å². The summed E-state index contributed by atoms with van der Waals surface area (Å²) >= 11 is 11.8. The molecule has 3 aliphatic rings. The zero-order valence-corrected chi connectivity index (χ0v) is 17.1. The smallest absolute Gasteiger partial charge is 0.258 e. The number of rotatable bonds is 6. The molecule has 3 aromatic rings. The first kappa shape index (κ1) is 18.5. The molecular formula is C20H18Cl2N4O3. The van der Waals surface area contributed by atoms with E-state index in [-0.39, 0.29) is 23.6 Å². The average molecular weight is 433 g/mol. The number of halogens is 2. The average Bonchev–Trinajstić information content (AvgIpc) is 3.07. The van der Waals surface area contributed by atoms with Crippen molar-refractivity contribution in [2.24, 2.45) is 0 Å². The summed E-state index contributed by atoms with van der Waals surface area (Å²) in [5.74, 6) is 0.931. The van der Waals surface area contributed by atoms with Gasteiger partial charge in [-0.25, -0.2) is 4.98 Å². The van der Waals surface area contributed by atoms with Crippen molar-refractivity contribution < 1.29 is 14.3 Å². The molecular weight excluding hydrogens is 415 g/mol. The van der Waals surface area contributed by atoms with E-state index in [0.717, 1.165) is 30.2 Å². The number of aromatic nitrogens is 3. The molecule has 0 saturated heterocycles. The summed E-state index contributed by atoms with van der Waals surface area (Å²) in [4.78, 5) is 16.5. The topological polar surface area (TPSA) is 78.3 Å². The molecule has 3 aliphatic carbocycles. The molecule has 0 radical (unpaired) electrons. The van der Waals surface area contributed by atoms with Crippen LogP contribution in [0.3, 0.4) is 0 Å². The number of ether oxygens (including phenoxy) is 2. The lowest BCUT2D eigenvalue weighted by atomic mass is 9.44. The van der Waals surface area contributed by atoms with Crippen LogP contribution in [0.4, 0.5) is 0 Å². The zero-order chi connectivity index (χ0) is 20.2. The fraction of sp³-hybridized carbons (Fsp3) is 0.350. The Kier molecular flexibility index (Phi) is 4.15. The molecule has 29 heavy (non-hydrogen) atoms. The van der Waals surface area contributed by atoms with Crippen molar-refractivity contribution in [2.45, 2.75) is 30.3 Å². The molecule has 2 bridgehead atoms. The number of amides is 1. The minimum absolute atomic E-state index is 0.0237. The molecule has 1 aromatic carbocycles. The van der Waals surface area contributed by atoms with Crippen LogP contribution in [-0.2, 0) is 10.3 Å². The van der Waals surface area contributed by atoms with Crippen molar-refractivity contribution in [3.8, 4) is 11.6 Å². The van der Waals surface area contributed by atoms with Crippen LogP contribution in [-0.4, -0.2) is 39.9 Å². The Bertz CT molecular complexity index is 1110. The second-order valence-corrected chi connectivity index (χ2v) is 8.62. The molecule has 0 atom stereocenters. The number of benzene rings is 1. The van der Waals surface area contributed by atoms with Gasteiger partial charge in [0.25, 0.3) is 5.91 Å². The standard InChI is InChI=1S/C20H18Cl2N4O3/c1-28-18-4-12-7-26(25-16(12)6-23-18)20-9-19(10-20,11-20)24-17(27)8-29-13-2-3-14(21)15(22)5-13/h2-7H,8-11H2,1H3,(H,24,27). The molecule has 2 heterocycles. The highest BCUT2D eigenvalue weighted by molar-refractivity contribution is 6.42. The van der Waals surface area contributed by atoms with Gasteiger partial charge in [-0.05, 0) is 31.4 Å². The fourth-order valence-electron chi connectivity index (χ4n) is 4.42. The van der Waals surface area contributed by atoms with Crippen LogP contribution in [0.1, 0.15) is 19.3 Å². The lowest BCUT2D eigenvalue weighted by molar-refractivity contribution is -0.160. The van der Waals surface area contributed by atoms with Crippen LogP contribution in [0, 0.1) is 0 Å². The molecule has 0 unspecified atom stereocenters. The van der Waals surface area contributed by atoms with Crippen LogP contribution < -0.4 is 14.8 Å². The van der Waals surface area contributed by atoms with Gasteiger partial charge in [-0.2, -0.15) is 5.10 Å². The van der Waals surface area contributed by atoms with Crippen LogP contribution in [0.2, 0.25) is 10.0 Å². The Morgan fingerprint density at radius 2 is 2.03 bits per heavy atom. The summed E-state index contributed by atoms with van der Waals surface area (Å²) in [6, 6.07) is 6.80. The summed E-state index contributed by atoms with van der Waals surface area (Å²) in [7, 11) is 1.59. The maximum atomic E-state index is 12.3. The van der Waals surface area contributed by atoms with E-state index in [9.17, 15) is 4.79 Å². The molecule has 2 aromatic heterocycles. The van der Waals surface area contributed by atoms with Crippen LogP contribution >= 0.6 is 23.2 Å². The maximum absolute atomic E-state index is 12.3. The number of hydrogen-bond acceptors (Lipinski definition) is 5. The van der Waals surface area contributed by atoms with Gasteiger partial charge in [0.1, 0.15) is 11.3 Å². The van der Waals surface area contributed by atoms with Crippen molar-refractivity contribution in [3.05, 3.63) is 46.7 Å². The quantitative estimate of drug-likeness (QED) is 0.643. The molecule has 3 fully saturated rings. The Morgan fingerprint density at radius 1 is 1.24 bits per heavy atom. The lowest BCUT2D eigenvalue weighted by Crippen LogP contribution is -2.79. The minimum Gasteiger partial charge on any atom is -0.484 e. The SMILES string of the molecule is COc1cc2cn(C34CC(NC(=O)COc5ccc(Cl)c(Cl)c5)(C3)C4)nc2cn1. The second kappa shape index (κ2) is 6.50. The highest BCUT2D eigenvalue weighted by Crippen LogP contribution is 2.65. The van der Waals surface area contributed by atoms with Gasteiger partial charge in [0, 0.05) is 29.3 Å². The molecule has 0 aliphatic heterocycles. The maximum Gasteiger partial charge on any atom is 0.258 e. The summed E-state index contributed by atoms with van der Waals surface area (Å²) < 4.78 is 12.7. The highest BCUT2D eigenvalue weighted by Gasteiger charge is 2.70. The summed E-state index contributed by atoms with van der Waals surface area (Å²) in [5, 5.41) is 9.60. The number of nitrogens with zero attached hydrogens (tertiary/aromatic N) is 3. The number of nitrogens with one attached hydrogen (secondary N) is 1. The molecule has 9 heteroatoms. The van der Waals surface area contributed by atoms with Gasteiger partial charge in [0.15, 0.2) is 6.61 Å². The Balaban J connectivity index is 1.18. The van der Waals surface area contributed by atoms with Gasteiger partial charge >= 0.3 is 0 Å². The largest absolute Gasteiger partial charge is 0.484 e. The van der Waals surface area contributed by atoms with Gasteiger partial charge < -0.3 is 14.8 Å². The van der Waals surface area contributed by atoms with Crippen molar-refractivity contribution >= 4 is 40.0 Å². The minimum atomic E-state index is -0.161. The molecule has 3 saturated carbocycles. The summed E-state index contributed by atoms with van der Waals surface area (Å²) in [6.07, 6.45) is 6.32. The van der Waals surface area contributed by atoms with E-state index in [0.29, 0.717) is 21.7 Å². The zero-order valence-electron chi connectivity index (χ0n) is 15.6. The number of carbonyl (C=O) groups excluding carboxylic acids is 1. The number of pyridine rings is 1. The van der Waals surface area contributed by atoms with Gasteiger partial charge in [-0.1, -0.05) is 23.2 Å². The highest BCUT2D eigenvalue weighted by atomic mass is 35.5. The van der Waals surface area contributed by atoms with E-state index in [1.807, 2.05) is 16.9 Å². The Hall–Kier alpha value is -2.51. The normalized spacial score (nSPS) is 24.5. The van der Waals surface area contributed by atoms with Gasteiger partial charge in [-0.3, -0.25) is 9.48 Å². The van der Waals surface area contributed by atoms with Crippen LogP contribution in [0.5, 0.6) is 11.6 Å². The Labute approximate surface area is 176 Å². The van der Waals surface area contributed by atoms with Crippen molar-refractivity contribution in [2.75, 3.05) is 13.7 Å². The predicted molar refractivity (Wildman–Crippen MR) is 109 cm³/mol. The lowest BCUT2D eigenvalue weighted by Gasteiger charge is -2.69. The predicted octanol–water partition coefficient (Wildman–Crippen LogP) is 3.57. The molecule has 6 rings (SSSR count). The first-order valence-electron chi connectivity index (χ1n) is 9.19. The van der Waals surface area contributed by atoms with E-state index in [2.05, 4.69) is 15.4 Å². The molecule has 7 nitrogen and oxygen atoms in total. The number of fused-ring (bicyclic) bond motifs is 1. The third-order valence-corrected chi connectivity index (χ3v) is 6.47. The van der Waals surface area contributed by atoms with Gasteiger partial charge in [-0.15, -0.1) is 0 Å². The van der Waals surface area contributed by atoms with Crippen molar-refractivity contribution in [3.63, 3.8) is 0 Å². The third kappa shape index (κ3) is 3.09. The monoisotopic (exact) mass is 432 g/mol. The second-order valence-electron chi connectivity index (χ2n) is 7.81. The fourth-order valence-corrected chi connectivity index (χ4v) is 4.71. The first-order chi connectivity index (χ1) is 13.9. The van der Waals surface area contributed by atoms with Gasteiger partial charge in [0.2, 0.25) is 5.88 Å². The third-order valence-electron chi connectivity index (χ3n) is 5.73. The van der Waals surface area contributed by atoms with E-state index in [1.165, 1.54) is 0 Å². The first-order valence-corrected chi connectivity index (χ1v) is 9.95. The van der Waals surface area contributed by atoms with Crippen molar-refractivity contribution in [1.29, 1.82) is 0 Å². The van der Waals surface area contributed by atoms with E-state index < -0.39 is 0 Å². The molecule has 150 valence electrons. The van der Waals surface area contributed by atoms with E-state index in [1.54, 1.807) is 31.5 Å². The van der Waals surface area contributed by atoms with Gasteiger partial charge in [0.05, 0.1) is 28.9 Å². The van der Waals surface area contributed by atoms with E-state index >= 15 is 0 Å². The van der Waals surface area contributed by atoms with Crippen LogP contribution in [0.25, 0.3) is 10.9 Å². The molecule has 1 amide bonds. The number of carbonyl (C=O) groups is 1.